The molecule has 0 aliphatic carbocycles. The molecule has 2 aromatic rings. The number of para-hydroxylation sites is 1. The first-order valence-electron chi connectivity index (χ1n) is 8.44. The fraction of sp³-hybridized carbons (Fsp3) is 0.150. The number of nitrogens with one attached hydrogen (secondary N) is 1. The fourth-order valence-corrected chi connectivity index (χ4v) is 4.36. The van der Waals surface area contributed by atoms with Crippen LogP contribution in [0.2, 0.25) is 0 Å². The molecule has 0 aromatic heterocycles. The number of hydrogen-bond acceptors (Lipinski definition) is 6. The summed E-state index contributed by atoms with van der Waals surface area (Å²) in [6.07, 6.45) is 1.60. The van der Waals surface area contributed by atoms with Gasteiger partial charge in [0.25, 0.3) is 11.1 Å². The second kappa shape index (κ2) is 9.31. The van der Waals surface area contributed by atoms with Gasteiger partial charge in [-0.2, -0.15) is 0 Å². The SMILES string of the molecule is COc1cc(C=C2SC(=O)N(CC(=O)Nc3ccccc3)C2=O)cc(I)c1OC. The smallest absolute Gasteiger partial charge is 0.294 e. The molecule has 1 aliphatic heterocycles. The van der Waals surface area contributed by atoms with E-state index < -0.39 is 17.1 Å². The van der Waals surface area contributed by atoms with Crippen molar-refractivity contribution in [2.75, 3.05) is 26.1 Å². The zero-order valence-electron chi connectivity index (χ0n) is 15.6. The van der Waals surface area contributed by atoms with Crippen LogP contribution in [0, 0.1) is 3.57 Å². The summed E-state index contributed by atoms with van der Waals surface area (Å²) in [7, 11) is 3.07. The molecule has 1 aliphatic rings. The summed E-state index contributed by atoms with van der Waals surface area (Å²) in [5.41, 5.74) is 1.28. The third-order valence-electron chi connectivity index (χ3n) is 3.99. The van der Waals surface area contributed by atoms with Crippen LogP contribution in [0.3, 0.4) is 0 Å². The molecule has 1 N–H and O–H groups in total. The van der Waals surface area contributed by atoms with Crippen molar-refractivity contribution < 1.29 is 23.9 Å². The number of halogens is 1. The standard InChI is InChI=1S/C20H17IN2O5S/c1-27-15-9-12(8-14(21)18(15)28-2)10-16-19(25)23(20(26)29-16)11-17(24)22-13-6-4-3-5-7-13/h3-10H,11H2,1-2H3,(H,22,24). The van der Waals surface area contributed by atoms with E-state index in [4.69, 9.17) is 9.47 Å². The largest absolute Gasteiger partial charge is 0.493 e. The summed E-state index contributed by atoms with van der Waals surface area (Å²) in [6, 6.07) is 12.4. The van der Waals surface area contributed by atoms with E-state index >= 15 is 0 Å². The Morgan fingerprint density at radius 3 is 2.55 bits per heavy atom. The molecule has 0 bridgehead atoms. The number of thioether (sulfide) groups is 1. The topological polar surface area (TPSA) is 84.9 Å². The van der Waals surface area contributed by atoms with E-state index in [1.165, 1.54) is 7.11 Å². The van der Waals surface area contributed by atoms with Crippen LogP contribution in [-0.4, -0.2) is 42.7 Å². The predicted octanol–water partition coefficient (Wildman–Crippen LogP) is 3.98. The Labute approximate surface area is 185 Å². The summed E-state index contributed by atoms with van der Waals surface area (Å²) in [5.74, 6) is 0.163. The normalized spacial score (nSPS) is 15.0. The van der Waals surface area contributed by atoms with Gasteiger partial charge >= 0.3 is 0 Å². The van der Waals surface area contributed by atoms with Gasteiger partial charge in [-0.1, -0.05) is 18.2 Å². The van der Waals surface area contributed by atoms with Gasteiger partial charge in [-0.05, 0) is 70.3 Å². The molecule has 0 unspecified atom stereocenters. The maximum atomic E-state index is 12.6. The first kappa shape index (κ1) is 21.2. The Hall–Kier alpha value is -2.53. The van der Waals surface area contributed by atoms with Gasteiger partial charge in [0, 0.05) is 5.69 Å². The second-order valence-electron chi connectivity index (χ2n) is 5.92. The quantitative estimate of drug-likeness (QED) is 0.455. The molecule has 0 radical (unpaired) electrons. The Bertz CT molecular complexity index is 994. The van der Waals surface area contributed by atoms with Gasteiger partial charge in [0.2, 0.25) is 5.91 Å². The predicted molar refractivity (Wildman–Crippen MR) is 120 cm³/mol. The molecule has 9 heteroatoms. The number of ether oxygens (including phenoxy) is 2. The number of imide groups is 1. The van der Waals surface area contributed by atoms with Crippen LogP contribution in [0.4, 0.5) is 10.5 Å². The number of rotatable bonds is 6. The minimum Gasteiger partial charge on any atom is -0.493 e. The van der Waals surface area contributed by atoms with E-state index in [1.54, 1.807) is 43.5 Å². The monoisotopic (exact) mass is 524 g/mol. The molecule has 0 saturated carbocycles. The third-order valence-corrected chi connectivity index (χ3v) is 5.70. The Morgan fingerprint density at radius 2 is 1.90 bits per heavy atom. The fourth-order valence-electron chi connectivity index (χ4n) is 2.67. The molecule has 29 heavy (non-hydrogen) atoms. The number of nitrogens with zero attached hydrogens (tertiary/aromatic N) is 1. The number of hydrogen-bond donors (Lipinski definition) is 1. The number of benzene rings is 2. The van der Waals surface area contributed by atoms with Gasteiger partial charge < -0.3 is 14.8 Å². The lowest BCUT2D eigenvalue weighted by atomic mass is 10.2. The number of amides is 3. The molecule has 2 aromatic carbocycles. The Kier molecular flexibility index (Phi) is 6.80. The molecular weight excluding hydrogens is 507 g/mol. The molecule has 1 heterocycles. The Morgan fingerprint density at radius 1 is 1.17 bits per heavy atom. The van der Waals surface area contributed by atoms with E-state index in [9.17, 15) is 14.4 Å². The van der Waals surface area contributed by atoms with Crippen molar-refractivity contribution in [1.82, 2.24) is 4.90 Å². The van der Waals surface area contributed by atoms with E-state index in [2.05, 4.69) is 27.9 Å². The molecule has 7 nitrogen and oxygen atoms in total. The second-order valence-corrected chi connectivity index (χ2v) is 8.08. The van der Waals surface area contributed by atoms with Crippen molar-refractivity contribution in [3.63, 3.8) is 0 Å². The van der Waals surface area contributed by atoms with Crippen LogP contribution in [-0.2, 0) is 9.59 Å². The van der Waals surface area contributed by atoms with E-state index in [1.807, 2.05) is 12.1 Å². The highest BCUT2D eigenvalue weighted by Gasteiger charge is 2.36. The van der Waals surface area contributed by atoms with Crippen molar-refractivity contribution in [1.29, 1.82) is 0 Å². The average molecular weight is 524 g/mol. The van der Waals surface area contributed by atoms with Gasteiger partial charge in [0.15, 0.2) is 11.5 Å². The van der Waals surface area contributed by atoms with Crippen molar-refractivity contribution in [3.05, 3.63) is 56.5 Å². The van der Waals surface area contributed by atoms with Gasteiger partial charge in [-0.15, -0.1) is 0 Å². The highest BCUT2D eigenvalue weighted by atomic mass is 127. The molecule has 1 saturated heterocycles. The minimum absolute atomic E-state index is 0.241. The molecule has 3 amide bonds. The summed E-state index contributed by atoms with van der Waals surface area (Å²) < 4.78 is 11.4. The molecule has 1 fully saturated rings. The molecular formula is C20H17IN2O5S. The van der Waals surface area contributed by atoms with E-state index in [0.29, 0.717) is 22.7 Å². The number of methoxy groups -OCH3 is 2. The van der Waals surface area contributed by atoms with Crippen molar-refractivity contribution in [3.8, 4) is 11.5 Å². The van der Waals surface area contributed by atoms with Crippen molar-refractivity contribution >= 4 is 63.2 Å². The lowest BCUT2D eigenvalue weighted by Crippen LogP contribution is -2.36. The highest BCUT2D eigenvalue weighted by molar-refractivity contribution is 14.1. The molecule has 0 spiro atoms. The van der Waals surface area contributed by atoms with Crippen molar-refractivity contribution in [2.24, 2.45) is 0 Å². The van der Waals surface area contributed by atoms with E-state index in [-0.39, 0.29) is 11.4 Å². The van der Waals surface area contributed by atoms with Gasteiger partial charge in [0.05, 0.1) is 22.7 Å². The number of carbonyl (C=O) groups excluding carboxylic acids is 3. The van der Waals surface area contributed by atoms with Crippen LogP contribution in [0.25, 0.3) is 6.08 Å². The van der Waals surface area contributed by atoms with E-state index in [0.717, 1.165) is 20.2 Å². The summed E-state index contributed by atoms with van der Waals surface area (Å²) in [4.78, 5) is 38.3. The van der Waals surface area contributed by atoms with Crippen molar-refractivity contribution in [2.45, 2.75) is 0 Å². The van der Waals surface area contributed by atoms with Crippen LogP contribution < -0.4 is 14.8 Å². The summed E-state index contributed by atoms with van der Waals surface area (Å²) in [5, 5.41) is 2.18. The van der Waals surface area contributed by atoms with Crippen LogP contribution in [0.5, 0.6) is 11.5 Å². The minimum atomic E-state index is -0.506. The molecule has 150 valence electrons. The lowest BCUT2D eigenvalue weighted by Gasteiger charge is -2.12. The lowest BCUT2D eigenvalue weighted by molar-refractivity contribution is -0.127. The number of carbonyl (C=O) groups is 3. The summed E-state index contributed by atoms with van der Waals surface area (Å²) >= 11 is 2.90. The molecule has 0 atom stereocenters. The van der Waals surface area contributed by atoms with Gasteiger partial charge in [0.1, 0.15) is 6.54 Å². The number of anilines is 1. The van der Waals surface area contributed by atoms with Crippen LogP contribution in [0.1, 0.15) is 5.56 Å². The maximum absolute atomic E-state index is 12.6. The van der Waals surface area contributed by atoms with Crippen LogP contribution >= 0.6 is 34.4 Å². The third kappa shape index (κ3) is 4.91. The zero-order valence-corrected chi connectivity index (χ0v) is 18.6. The van der Waals surface area contributed by atoms with Gasteiger partial charge in [-0.25, -0.2) is 0 Å². The maximum Gasteiger partial charge on any atom is 0.294 e. The average Bonchev–Trinajstić information content (AvgIpc) is 2.95. The zero-order chi connectivity index (χ0) is 21.0. The first-order valence-corrected chi connectivity index (χ1v) is 10.3. The molecule has 3 rings (SSSR count). The van der Waals surface area contributed by atoms with Gasteiger partial charge in [-0.3, -0.25) is 19.3 Å². The Balaban J connectivity index is 1.76. The summed E-state index contributed by atoms with van der Waals surface area (Å²) in [6.45, 7) is -0.347. The first-order chi connectivity index (χ1) is 13.9. The highest BCUT2D eigenvalue weighted by Crippen LogP contribution is 2.37. The van der Waals surface area contributed by atoms with Crippen LogP contribution in [0.15, 0.2) is 47.4 Å².